The summed E-state index contributed by atoms with van der Waals surface area (Å²) in [5, 5.41) is 4.99. The van der Waals surface area contributed by atoms with E-state index in [0.717, 1.165) is 127 Å². The normalized spacial score (nSPS) is 20.0. The number of Topliss-reactive ketones (excluding diaryl/α,β-unsaturated/α-hetero) is 2. The molecule has 0 bridgehead atoms. The van der Waals surface area contributed by atoms with Gasteiger partial charge >= 0.3 is 0 Å². The van der Waals surface area contributed by atoms with Gasteiger partial charge in [0.2, 0.25) is 0 Å². The Labute approximate surface area is 552 Å². The van der Waals surface area contributed by atoms with Crippen LogP contribution in [-0.4, -0.2) is 149 Å². The lowest BCUT2D eigenvalue weighted by Gasteiger charge is -2.36. The van der Waals surface area contributed by atoms with Crippen LogP contribution >= 0.6 is 22.6 Å². The number of amides is 4. The van der Waals surface area contributed by atoms with Crippen LogP contribution in [0.15, 0.2) is 97.1 Å². The van der Waals surface area contributed by atoms with Gasteiger partial charge in [-0.3, -0.25) is 28.8 Å². The molecule has 19 heteroatoms. The standard InChI is InChI=1S/C36H46N2O7.C19H25IN2O5.C17H22O2/c1-5-10-30(45-33-12-7-9-24-43-33)28-19-15-26(16-20-28)13-14-27-17-21-29(22-18-27)34(40)38(4)36(2,35(41)37-3)31(39)25-44-32-11-6-8-23-42-32;1-19(18(25)21-2,15(23)12-27-16-6-4-5-11-26-16)22(3)17(24)13-7-9-14(20)10-8-13;1-3-7-16(19-17-8-5-6-13-18-17)15-11-9-14(4-2)10-12-15/h15-22,30,32-33H,5-12,23-25H2,1-4H3,(H,37,41);7-10,16H,4-6,11-12H2,1-3H3,(H,21,25);2,9-12,16-17H,3,5-8,13H2,1H3/t30-,32?,33?,36-;16?,19-;16-,17?/m111/s1. The highest BCUT2D eigenvalue weighted by Gasteiger charge is 2.48. The zero-order valence-electron chi connectivity index (χ0n) is 54.3. The van der Waals surface area contributed by atoms with Crippen LogP contribution in [0.4, 0.5) is 0 Å². The first-order valence-electron chi connectivity index (χ1n) is 32.0. The molecule has 0 radical (unpaired) electrons. The highest BCUT2D eigenvalue weighted by Crippen LogP contribution is 2.31. The predicted molar refractivity (Wildman–Crippen MR) is 355 cm³/mol. The summed E-state index contributed by atoms with van der Waals surface area (Å²) in [6.45, 7) is 9.28. The molecule has 492 valence electrons. The molecule has 4 fully saturated rings. The Morgan fingerprint density at radius 1 is 0.527 bits per heavy atom. The van der Waals surface area contributed by atoms with E-state index < -0.39 is 58.9 Å². The van der Waals surface area contributed by atoms with Crippen molar-refractivity contribution in [3.05, 3.63) is 140 Å². The number of benzene rings is 4. The van der Waals surface area contributed by atoms with E-state index in [1.807, 2.05) is 24.3 Å². The van der Waals surface area contributed by atoms with Crippen molar-refractivity contribution in [2.75, 3.05) is 67.8 Å². The van der Waals surface area contributed by atoms with Crippen LogP contribution in [0.1, 0.15) is 191 Å². The molecule has 4 heterocycles. The number of carbonyl (C=O) groups excluding carboxylic acids is 6. The van der Waals surface area contributed by atoms with Gasteiger partial charge in [-0.2, -0.15) is 0 Å². The lowest BCUT2D eigenvalue weighted by atomic mass is 9.92. The number of nitrogens with zero attached hydrogens (tertiary/aromatic N) is 2. The fourth-order valence-corrected chi connectivity index (χ4v) is 11.0. The van der Waals surface area contributed by atoms with Crippen LogP contribution in [0.25, 0.3) is 0 Å². The van der Waals surface area contributed by atoms with Crippen molar-refractivity contribution in [2.24, 2.45) is 0 Å². The van der Waals surface area contributed by atoms with Crippen molar-refractivity contribution in [1.82, 2.24) is 20.4 Å². The maximum Gasteiger partial charge on any atom is 0.254 e. The minimum absolute atomic E-state index is 0.0118. The third-order valence-corrected chi connectivity index (χ3v) is 17.5. The topological polar surface area (TPSA) is 207 Å². The molecule has 0 aromatic heterocycles. The molecule has 4 unspecified atom stereocenters. The molecule has 4 aliphatic heterocycles. The van der Waals surface area contributed by atoms with Gasteiger partial charge in [0.1, 0.15) is 13.2 Å². The smallest absolute Gasteiger partial charge is 0.254 e. The highest BCUT2D eigenvalue weighted by atomic mass is 127. The van der Waals surface area contributed by atoms with E-state index in [2.05, 4.69) is 89.1 Å². The van der Waals surface area contributed by atoms with E-state index in [1.54, 1.807) is 48.5 Å². The summed E-state index contributed by atoms with van der Waals surface area (Å²) in [5.41, 5.74) is 2.07. The average Bonchev–Trinajstić information content (AvgIpc) is 0.915. The Morgan fingerprint density at radius 2 is 0.857 bits per heavy atom. The molecule has 4 saturated heterocycles. The van der Waals surface area contributed by atoms with Gasteiger partial charge in [0.25, 0.3) is 23.6 Å². The lowest BCUT2D eigenvalue weighted by Crippen LogP contribution is -2.62. The van der Waals surface area contributed by atoms with Crippen molar-refractivity contribution in [2.45, 2.75) is 179 Å². The highest BCUT2D eigenvalue weighted by molar-refractivity contribution is 14.1. The number of nitrogens with one attached hydrogen (secondary N) is 2. The fourth-order valence-electron chi connectivity index (χ4n) is 10.7. The van der Waals surface area contributed by atoms with Gasteiger partial charge in [-0.1, -0.05) is 68.7 Å². The van der Waals surface area contributed by atoms with Crippen LogP contribution in [0.5, 0.6) is 0 Å². The van der Waals surface area contributed by atoms with Crippen molar-refractivity contribution >= 4 is 57.8 Å². The van der Waals surface area contributed by atoms with E-state index in [4.69, 9.17) is 44.3 Å². The van der Waals surface area contributed by atoms with E-state index in [0.29, 0.717) is 37.2 Å². The van der Waals surface area contributed by atoms with E-state index in [9.17, 15) is 28.8 Å². The molecule has 4 aliphatic rings. The summed E-state index contributed by atoms with van der Waals surface area (Å²) >= 11 is 2.14. The molecule has 4 amide bonds. The van der Waals surface area contributed by atoms with E-state index in [-0.39, 0.29) is 38.0 Å². The van der Waals surface area contributed by atoms with E-state index in [1.165, 1.54) is 58.9 Å². The minimum atomic E-state index is -1.77. The third-order valence-electron chi connectivity index (χ3n) is 16.8. The molecule has 18 nitrogen and oxygen atoms in total. The molecule has 0 spiro atoms. The summed E-state index contributed by atoms with van der Waals surface area (Å²) in [6.07, 6.45) is 20.1. The molecule has 2 N–H and O–H groups in total. The maximum absolute atomic E-state index is 13.4. The number of ether oxygens (including phenoxy) is 8. The van der Waals surface area contributed by atoms with Crippen LogP contribution in [0.2, 0.25) is 0 Å². The molecular formula is C72H93IN4O14. The minimum Gasteiger partial charge on any atom is -0.357 e. The Balaban J connectivity index is 0.000000241. The number of hydrogen-bond donors (Lipinski definition) is 2. The van der Waals surface area contributed by atoms with Gasteiger partial charge in [-0.15, -0.1) is 6.42 Å². The molecule has 8 rings (SSSR count). The number of halogens is 1. The van der Waals surface area contributed by atoms with Crippen molar-refractivity contribution < 1.29 is 66.7 Å². The number of terminal acetylenes is 1. The Morgan fingerprint density at radius 3 is 1.18 bits per heavy atom. The molecule has 4 aromatic rings. The monoisotopic (exact) mass is 1360 g/mol. The molecule has 0 aliphatic carbocycles. The second-order valence-corrected chi connectivity index (χ2v) is 24.5. The SMILES string of the molecule is C#Cc1ccc([C@@H](CCC)OC2CCCCO2)cc1.CCC[C@@H](OC1CCCCO1)c1ccc(C#Cc2ccc(C(=O)N(C)[C@](C)(C(=O)COC3CCCCO3)C(=O)NC)cc2)cc1.CNC(=O)[C@@](C)(C(=O)COC1CCCCO1)N(C)C(=O)c1ccc(I)cc1. The fraction of sp³-hybridized carbons (Fsp3) is 0.528. The molecule has 0 saturated carbocycles. The summed E-state index contributed by atoms with van der Waals surface area (Å²) in [4.78, 5) is 80.3. The van der Waals surface area contributed by atoms with E-state index >= 15 is 0 Å². The summed E-state index contributed by atoms with van der Waals surface area (Å²) in [7, 11) is 5.76. The molecular weight excluding hydrogens is 1270 g/mol. The van der Waals surface area contributed by atoms with Gasteiger partial charge < -0.3 is 58.3 Å². The number of hydrogen-bond acceptors (Lipinski definition) is 14. The zero-order chi connectivity index (χ0) is 65.8. The largest absolute Gasteiger partial charge is 0.357 e. The van der Waals surface area contributed by atoms with Gasteiger partial charge in [-0.05, 0) is 210 Å². The average molecular weight is 1370 g/mol. The van der Waals surface area contributed by atoms with Gasteiger partial charge in [0.15, 0.2) is 47.8 Å². The molecule has 91 heavy (non-hydrogen) atoms. The van der Waals surface area contributed by atoms with Crippen molar-refractivity contribution in [1.29, 1.82) is 0 Å². The number of ketones is 2. The third kappa shape index (κ3) is 21.6. The Hall–Kier alpha value is -6.37. The number of likely N-dealkylation sites (N-methyl/N-ethyl adjacent to an activating group) is 4. The van der Waals surface area contributed by atoms with Gasteiger partial charge in [0, 0.05) is 86.0 Å². The quantitative estimate of drug-likeness (QED) is 0.0380. The first kappa shape index (κ1) is 73.7. The zero-order valence-corrected chi connectivity index (χ0v) is 56.5. The first-order chi connectivity index (χ1) is 43.9. The lowest BCUT2D eigenvalue weighted by molar-refractivity contribution is -0.191. The van der Waals surface area contributed by atoms with Crippen LogP contribution in [-0.2, 0) is 57.1 Å². The summed E-state index contributed by atoms with van der Waals surface area (Å²) in [5.74, 6) is 5.88. The maximum atomic E-state index is 13.4. The van der Waals surface area contributed by atoms with Crippen LogP contribution in [0.3, 0.4) is 0 Å². The van der Waals surface area contributed by atoms with Crippen LogP contribution in [0, 0.1) is 27.8 Å². The number of rotatable bonds is 24. The predicted octanol–water partition coefficient (Wildman–Crippen LogP) is 11.2. The molecule has 8 atom stereocenters. The Bertz CT molecular complexity index is 3050. The van der Waals surface area contributed by atoms with Crippen molar-refractivity contribution in [3.8, 4) is 24.2 Å². The summed E-state index contributed by atoms with van der Waals surface area (Å²) in [6, 6.07) is 29.9. The number of carbonyl (C=O) groups is 6. The second-order valence-electron chi connectivity index (χ2n) is 23.2. The second kappa shape index (κ2) is 38.0. The van der Waals surface area contributed by atoms with Gasteiger partial charge in [-0.25, -0.2) is 0 Å². The van der Waals surface area contributed by atoms with Gasteiger partial charge in [0.05, 0.1) is 12.2 Å². The first-order valence-corrected chi connectivity index (χ1v) is 33.1. The Kier molecular flexibility index (Phi) is 30.7. The summed E-state index contributed by atoms with van der Waals surface area (Å²) < 4.78 is 47.0. The molecule has 4 aromatic carbocycles. The van der Waals surface area contributed by atoms with Crippen molar-refractivity contribution in [3.63, 3.8) is 0 Å². The van der Waals surface area contributed by atoms with Crippen LogP contribution < -0.4 is 10.6 Å².